The summed E-state index contributed by atoms with van der Waals surface area (Å²) in [5.41, 5.74) is 4.01. The van der Waals surface area contributed by atoms with Gasteiger partial charge in [-0.1, -0.05) is 12.1 Å². The summed E-state index contributed by atoms with van der Waals surface area (Å²) in [6, 6.07) is 16.6. The summed E-state index contributed by atoms with van der Waals surface area (Å²) in [4.78, 5) is 22.0. The highest BCUT2D eigenvalue weighted by Gasteiger charge is 2.25. The summed E-state index contributed by atoms with van der Waals surface area (Å²) in [6.07, 6.45) is 7.48. The third-order valence-corrected chi connectivity index (χ3v) is 6.55. The number of pyridine rings is 1. The quantitative estimate of drug-likeness (QED) is 0.491. The Morgan fingerprint density at radius 1 is 1.06 bits per heavy atom. The lowest BCUT2D eigenvalue weighted by Gasteiger charge is -2.13. The van der Waals surface area contributed by atoms with Crippen molar-refractivity contribution in [1.82, 2.24) is 24.4 Å². The zero-order chi connectivity index (χ0) is 21.5. The van der Waals surface area contributed by atoms with Crippen LogP contribution in [0.25, 0.3) is 11.0 Å². The van der Waals surface area contributed by atoms with Crippen molar-refractivity contribution < 1.29 is 0 Å². The number of fused-ring (bicyclic) bond motifs is 1. The van der Waals surface area contributed by atoms with E-state index in [1.54, 1.807) is 22.9 Å². The fourth-order valence-corrected chi connectivity index (χ4v) is 4.63. The third kappa shape index (κ3) is 3.69. The lowest BCUT2D eigenvalue weighted by molar-refractivity contribution is 0.655. The highest BCUT2D eigenvalue weighted by Crippen LogP contribution is 2.36. The van der Waals surface area contributed by atoms with Crippen molar-refractivity contribution in [2.75, 3.05) is 18.4 Å². The Labute approximate surface area is 186 Å². The second kappa shape index (κ2) is 7.91. The van der Waals surface area contributed by atoms with Gasteiger partial charge in [0, 0.05) is 47.8 Å². The Morgan fingerprint density at radius 2 is 1.94 bits per heavy atom. The van der Waals surface area contributed by atoms with Crippen molar-refractivity contribution >= 4 is 22.7 Å². The molecule has 4 heterocycles. The van der Waals surface area contributed by atoms with E-state index >= 15 is 0 Å². The van der Waals surface area contributed by atoms with Crippen LogP contribution < -0.4 is 16.2 Å². The minimum absolute atomic E-state index is 0.0553. The number of hydrogen-bond acceptors (Lipinski definition) is 5. The number of nitrogens with zero attached hydrogens (tertiary/aromatic N) is 4. The van der Waals surface area contributed by atoms with Crippen LogP contribution in [0.3, 0.4) is 0 Å². The van der Waals surface area contributed by atoms with Gasteiger partial charge in [0.1, 0.15) is 5.65 Å². The molecule has 162 valence electrons. The second-order valence-electron chi connectivity index (χ2n) is 8.80. The summed E-state index contributed by atoms with van der Waals surface area (Å²) < 4.78 is 4.03. The van der Waals surface area contributed by atoms with Crippen molar-refractivity contribution in [2.24, 2.45) is 0 Å². The van der Waals surface area contributed by atoms with Gasteiger partial charge in [0.15, 0.2) is 0 Å². The summed E-state index contributed by atoms with van der Waals surface area (Å²) in [7, 11) is 0. The van der Waals surface area contributed by atoms with Gasteiger partial charge in [0.05, 0.1) is 6.54 Å². The van der Waals surface area contributed by atoms with E-state index in [2.05, 4.69) is 62.8 Å². The second-order valence-corrected chi connectivity index (χ2v) is 8.80. The smallest absolute Gasteiger partial charge is 0.252 e. The number of hydrogen-bond donors (Lipinski definition) is 2. The summed E-state index contributed by atoms with van der Waals surface area (Å²) in [5.74, 6) is 1.08. The van der Waals surface area contributed by atoms with E-state index in [4.69, 9.17) is 4.98 Å². The van der Waals surface area contributed by atoms with E-state index in [0.717, 1.165) is 29.9 Å². The molecule has 1 aliphatic carbocycles. The molecular weight excluding hydrogens is 400 g/mol. The molecule has 1 unspecified atom stereocenters. The molecule has 4 aromatic rings. The minimum atomic E-state index is -0.0553. The van der Waals surface area contributed by atoms with Crippen LogP contribution in [0.5, 0.6) is 0 Å². The van der Waals surface area contributed by atoms with Crippen molar-refractivity contribution in [3.8, 4) is 0 Å². The van der Waals surface area contributed by atoms with Crippen LogP contribution in [0.15, 0.2) is 65.7 Å². The molecule has 2 N–H and O–H groups in total. The summed E-state index contributed by atoms with van der Waals surface area (Å²) in [6.45, 7) is 2.63. The van der Waals surface area contributed by atoms with Gasteiger partial charge in [-0.25, -0.2) is 4.98 Å². The topological polar surface area (TPSA) is 76.8 Å². The Balaban J connectivity index is 1.30. The molecule has 1 saturated heterocycles. The number of anilines is 2. The lowest BCUT2D eigenvalue weighted by Crippen LogP contribution is -2.22. The van der Waals surface area contributed by atoms with E-state index in [1.807, 2.05) is 0 Å². The number of rotatable bonds is 6. The van der Waals surface area contributed by atoms with E-state index in [1.165, 1.54) is 24.8 Å². The van der Waals surface area contributed by atoms with Gasteiger partial charge in [-0.3, -0.25) is 9.36 Å². The van der Waals surface area contributed by atoms with E-state index in [0.29, 0.717) is 30.1 Å². The van der Waals surface area contributed by atoms with Gasteiger partial charge >= 0.3 is 0 Å². The van der Waals surface area contributed by atoms with Crippen molar-refractivity contribution in [1.29, 1.82) is 0 Å². The molecule has 0 bridgehead atoms. The van der Waals surface area contributed by atoms with Gasteiger partial charge < -0.3 is 15.2 Å². The number of nitrogens with one attached hydrogen (secondary N) is 2. The molecule has 6 rings (SSSR count). The van der Waals surface area contributed by atoms with Crippen molar-refractivity contribution in [3.05, 3.63) is 82.5 Å². The van der Waals surface area contributed by atoms with Crippen LogP contribution in [0, 0.1) is 0 Å². The predicted octanol–water partition coefficient (Wildman–Crippen LogP) is 3.80. The molecule has 2 fully saturated rings. The average molecular weight is 427 g/mol. The fourth-order valence-electron chi connectivity index (χ4n) is 4.63. The van der Waals surface area contributed by atoms with Crippen molar-refractivity contribution in [2.45, 2.75) is 37.8 Å². The predicted molar refractivity (Wildman–Crippen MR) is 126 cm³/mol. The Kier molecular flexibility index (Phi) is 4.76. The fraction of sp³-hybridized carbons (Fsp3) is 0.320. The largest absolute Gasteiger partial charge is 0.347 e. The first-order chi connectivity index (χ1) is 15.7. The molecule has 0 radical (unpaired) electrons. The minimum Gasteiger partial charge on any atom is -0.347 e. The standard InChI is InChI=1S/C25H26N6O/c32-23-10-5-19-15-27-25(28-20-6-3-17(4-7-20)18-11-12-26-14-18)29-24(19)31(23)16-22-2-1-13-30(22)21-8-9-21/h1-7,10,13,15,18,21,26H,8-9,11-12,14,16H2,(H,27,28,29). The zero-order valence-electron chi connectivity index (χ0n) is 17.9. The number of benzene rings is 1. The normalized spacial score (nSPS) is 18.3. The van der Waals surface area contributed by atoms with Crippen LogP contribution in [-0.2, 0) is 6.54 Å². The maximum absolute atomic E-state index is 12.8. The Hall–Kier alpha value is -3.45. The first-order valence-corrected chi connectivity index (χ1v) is 11.3. The van der Waals surface area contributed by atoms with Crippen LogP contribution in [0.1, 0.15) is 42.5 Å². The average Bonchev–Trinajstić information content (AvgIpc) is 3.30. The van der Waals surface area contributed by atoms with Gasteiger partial charge in [0.25, 0.3) is 5.56 Å². The number of aromatic nitrogens is 4. The molecule has 1 aliphatic heterocycles. The molecule has 7 nitrogen and oxygen atoms in total. The van der Waals surface area contributed by atoms with Gasteiger partial charge in [0.2, 0.25) is 5.95 Å². The Morgan fingerprint density at radius 3 is 2.72 bits per heavy atom. The van der Waals surface area contributed by atoms with Crippen LogP contribution in [-0.4, -0.2) is 32.2 Å². The Bertz CT molecular complexity index is 1310. The maximum Gasteiger partial charge on any atom is 0.252 e. The van der Waals surface area contributed by atoms with Crippen LogP contribution in [0.2, 0.25) is 0 Å². The van der Waals surface area contributed by atoms with E-state index in [9.17, 15) is 4.79 Å². The first-order valence-electron chi connectivity index (χ1n) is 11.3. The van der Waals surface area contributed by atoms with Gasteiger partial charge in [-0.2, -0.15) is 4.98 Å². The molecule has 0 spiro atoms. The molecule has 0 amide bonds. The zero-order valence-corrected chi connectivity index (χ0v) is 17.9. The van der Waals surface area contributed by atoms with Crippen LogP contribution >= 0.6 is 0 Å². The maximum atomic E-state index is 12.8. The molecule has 7 heteroatoms. The van der Waals surface area contributed by atoms with E-state index in [-0.39, 0.29) is 5.56 Å². The van der Waals surface area contributed by atoms with Crippen molar-refractivity contribution in [3.63, 3.8) is 0 Å². The highest BCUT2D eigenvalue weighted by atomic mass is 16.1. The van der Waals surface area contributed by atoms with E-state index < -0.39 is 0 Å². The monoisotopic (exact) mass is 426 g/mol. The first kappa shape index (κ1) is 19.3. The SMILES string of the molecule is O=c1ccc2cnc(Nc3ccc(C4CCNC4)cc3)nc2n1Cc1cccn1C1CC1. The summed E-state index contributed by atoms with van der Waals surface area (Å²) >= 11 is 0. The molecule has 1 atom stereocenters. The molecule has 1 saturated carbocycles. The lowest BCUT2D eigenvalue weighted by atomic mass is 9.98. The molecule has 3 aromatic heterocycles. The third-order valence-electron chi connectivity index (χ3n) is 6.55. The van der Waals surface area contributed by atoms with Gasteiger partial charge in [-0.05, 0) is 67.6 Å². The van der Waals surface area contributed by atoms with Crippen LogP contribution in [0.4, 0.5) is 11.6 Å². The molecule has 2 aliphatic rings. The molecular formula is C25H26N6O. The van der Waals surface area contributed by atoms with Gasteiger partial charge in [-0.15, -0.1) is 0 Å². The highest BCUT2D eigenvalue weighted by molar-refractivity contribution is 5.75. The molecule has 32 heavy (non-hydrogen) atoms. The molecule has 1 aromatic carbocycles. The summed E-state index contributed by atoms with van der Waals surface area (Å²) in [5, 5.41) is 7.57.